The maximum absolute atomic E-state index is 8.96. The van der Waals surface area contributed by atoms with Crippen molar-refractivity contribution in [2.75, 3.05) is 0 Å². The van der Waals surface area contributed by atoms with Crippen LogP contribution in [-0.4, -0.2) is 9.97 Å². The summed E-state index contributed by atoms with van der Waals surface area (Å²) < 4.78 is 0. The molecule has 1 unspecified atom stereocenters. The molecule has 0 aromatic carbocycles. The Balaban J connectivity index is 2.30. The SMILES string of the molecule is CCC(C#N)c1nc(-c2cccnc2)cs1. The van der Waals surface area contributed by atoms with E-state index in [1.165, 1.54) is 0 Å². The molecule has 16 heavy (non-hydrogen) atoms. The second kappa shape index (κ2) is 4.86. The third-order valence-electron chi connectivity index (χ3n) is 2.34. The van der Waals surface area contributed by atoms with E-state index in [4.69, 9.17) is 5.26 Å². The number of thiazole rings is 1. The Morgan fingerprint density at radius 1 is 1.56 bits per heavy atom. The largest absolute Gasteiger partial charge is 0.264 e. The summed E-state index contributed by atoms with van der Waals surface area (Å²) in [5.74, 6) is -0.0876. The number of aromatic nitrogens is 2. The van der Waals surface area contributed by atoms with Crippen LogP contribution in [0.5, 0.6) is 0 Å². The van der Waals surface area contributed by atoms with Crippen molar-refractivity contribution in [3.63, 3.8) is 0 Å². The Bertz CT molecular complexity index is 498. The van der Waals surface area contributed by atoms with E-state index in [1.54, 1.807) is 23.7 Å². The first-order valence-corrected chi connectivity index (χ1v) is 5.98. The van der Waals surface area contributed by atoms with Crippen LogP contribution in [0, 0.1) is 11.3 Å². The molecule has 0 fully saturated rings. The molecule has 0 bridgehead atoms. The van der Waals surface area contributed by atoms with Gasteiger partial charge in [0.05, 0.1) is 17.7 Å². The van der Waals surface area contributed by atoms with Crippen molar-refractivity contribution < 1.29 is 0 Å². The second-order valence-electron chi connectivity index (χ2n) is 3.40. The molecule has 80 valence electrons. The Labute approximate surface area is 98.4 Å². The van der Waals surface area contributed by atoms with Gasteiger partial charge in [-0.1, -0.05) is 6.92 Å². The Kier molecular flexibility index (Phi) is 3.28. The van der Waals surface area contributed by atoms with E-state index >= 15 is 0 Å². The third kappa shape index (κ3) is 2.10. The van der Waals surface area contributed by atoms with Crippen LogP contribution >= 0.6 is 11.3 Å². The van der Waals surface area contributed by atoms with Gasteiger partial charge in [-0.25, -0.2) is 4.98 Å². The zero-order valence-corrected chi connectivity index (χ0v) is 9.74. The van der Waals surface area contributed by atoms with Crippen LogP contribution in [0.1, 0.15) is 24.3 Å². The van der Waals surface area contributed by atoms with E-state index in [0.29, 0.717) is 0 Å². The highest BCUT2D eigenvalue weighted by Gasteiger charge is 2.13. The molecule has 0 spiro atoms. The van der Waals surface area contributed by atoms with E-state index in [0.717, 1.165) is 22.7 Å². The van der Waals surface area contributed by atoms with Crippen molar-refractivity contribution in [1.29, 1.82) is 5.26 Å². The fourth-order valence-electron chi connectivity index (χ4n) is 1.42. The summed E-state index contributed by atoms with van der Waals surface area (Å²) in [6.45, 7) is 2.00. The Morgan fingerprint density at radius 2 is 2.44 bits per heavy atom. The van der Waals surface area contributed by atoms with Gasteiger partial charge in [-0.05, 0) is 18.6 Å². The summed E-state index contributed by atoms with van der Waals surface area (Å²) in [4.78, 5) is 8.53. The van der Waals surface area contributed by atoms with Gasteiger partial charge >= 0.3 is 0 Å². The lowest BCUT2D eigenvalue weighted by atomic mass is 10.1. The first-order chi connectivity index (χ1) is 7.85. The molecular weight excluding hydrogens is 218 g/mol. The molecule has 2 heterocycles. The lowest BCUT2D eigenvalue weighted by molar-refractivity contribution is 0.810. The molecule has 2 aromatic rings. The van der Waals surface area contributed by atoms with Gasteiger partial charge in [-0.15, -0.1) is 11.3 Å². The molecule has 0 aliphatic rings. The Morgan fingerprint density at radius 3 is 3.06 bits per heavy atom. The molecule has 0 aliphatic heterocycles. The van der Waals surface area contributed by atoms with Crippen LogP contribution in [-0.2, 0) is 0 Å². The van der Waals surface area contributed by atoms with Crippen LogP contribution < -0.4 is 0 Å². The van der Waals surface area contributed by atoms with Gasteiger partial charge in [0.15, 0.2) is 0 Å². The highest BCUT2D eigenvalue weighted by Crippen LogP contribution is 2.27. The molecule has 0 N–H and O–H groups in total. The minimum absolute atomic E-state index is 0.0876. The molecule has 4 heteroatoms. The molecular formula is C12H11N3S. The highest BCUT2D eigenvalue weighted by molar-refractivity contribution is 7.10. The lowest BCUT2D eigenvalue weighted by Gasteiger charge is -1.99. The molecule has 3 nitrogen and oxygen atoms in total. The monoisotopic (exact) mass is 229 g/mol. The molecule has 0 radical (unpaired) electrons. The molecule has 0 saturated carbocycles. The average Bonchev–Trinajstić information content (AvgIpc) is 2.81. The molecule has 2 aromatic heterocycles. The van der Waals surface area contributed by atoms with Crippen molar-refractivity contribution in [3.8, 4) is 17.3 Å². The first-order valence-electron chi connectivity index (χ1n) is 5.10. The lowest BCUT2D eigenvalue weighted by Crippen LogP contribution is -1.92. The van der Waals surface area contributed by atoms with E-state index in [9.17, 15) is 0 Å². The van der Waals surface area contributed by atoms with Gasteiger partial charge in [0.25, 0.3) is 0 Å². The summed E-state index contributed by atoms with van der Waals surface area (Å²) in [5, 5.41) is 11.8. The van der Waals surface area contributed by atoms with Gasteiger partial charge in [0.2, 0.25) is 0 Å². The summed E-state index contributed by atoms with van der Waals surface area (Å²) in [6, 6.07) is 6.12. The fourth-order valence-corrected chi connectivity index (χ4v) is 2.37. The normalized spacial score (nSPS) is 12.0. The van der Waals surface area contributed by atoms with E-state index in [-0.39, 0.29) is 5.92 Å². The standard InChI is InChI=1S/C12H11N3S/c1-2-9(6-13)12-15-11(8-16-12)10-4-3-5-14-7-10/h3-5,7-9H,2H2,1H3. The number of hydrogen-bond donors (Lipinski definition) is 0. The molecule has 2 rings (SSSR count). The van der Waals surface area contributed by atoms with Gasteiger partial charge in [-0.2, -0.15) is 5.26 Å². The molecule has 1 atom stereocenters. The van der Waals surface area contributed by atoms with Crippen LogP contribution in [0.3, 0.4) is 0 Å². The maximum Gasteiger partial charge on any atom is 0.110 e. The van der Waals surface area contributed by atoms with E-state index in [2.05, 4.69) is 16.0 Å². The summed E-state index contributed by atoms with van der Waals surface area (Å²) in [6.07, 6.45) is 4.32. The van der Waals surface area contributed by atoms with Crippen molar-refractivity contribution in [2.45, 2.75) is 19.3 Å². The van der Waals surface area contributed by atoms with Crippen LogP contribution in [0.4, 0.5) is 0 Å². The topological polar surface area (TPSA) is 49.6 Å². The highest BCUT2D eigenvalue weighted by atomic mass is 32.1. The van der Waals surface area contributed by atoms with Crippen molar-refractivity contribution in [3.05, 3.63) is 34.9 Å². The summed E-state index contributed by atoms with van der Waals surface area (Å²) in [5.41, 5.74) is 1.90. The Hall–Kier alpha value is -1.73. The molecule has 0 aliphatic carbocycles. The predicted octanol–water partition coefficient (Wildman–Crippen LogP) is 3.22. The van der Waals surface area contributed by atoms with E-state index in [1.807, 2.05) is 24.4 Å². The third-order valence-corrected chi connectivity index (χ3v) is 3.30. The van der Waals surface area contributed by atoms with Gasteiger partial charge in [-0.3, -0.25) is 4.98 Å². The smallest absolute Gasteiger partial charge is 0.110 e. The maximum atomic E-state index is 8.96. The second-order valence-corrected chi connectivity index (χ2v) is 4.29. The minimum Gasteiger partial charge on any atom is -0.264 e. The minimum atomic E-state index is -0.0876. The molecule has 0 amide bonds. The predicted molar refractivity (Wildman–Crippen MR) is 64.0 cm³/mol. The molecule has 0 saturated heterocycles. The zero-order chi connectivity index (χ0) is 11.4. The number of nitriles is 1. The number of hydrogen-bond acceptors (Lipinski definition) is 4. The van der Waals surface area contributed by atoms with Crippen molar-refractivity contribution >= 4 is 11.3 Å². The summed E-state index contributed by atoms with van der Waals surface area (Å²) in [7, 11) is 0. The van der Waals surface area contributed by atoms with Gasteiger partial charge < -0.3 is 0 Å². The number of pyridine rings is 1. The number of rotatable bonds is 3. The average molecular weight is 229 g/mol. The van der Waals surface area contributed by atoms with Gasteiger partial charge in [0, 0.05) is 23.3 Å². The zero-order valence-electron chi connectivity index (χ0n) is 8.92. The van der Waals surface area contributed by atoms with Gasteiger partial charge in [0.1, 0.15) is 5.01 Å². The van der Waals surface area contributed by atoms with Crippen molar-refractivity contribution in [2.24, 2.45) is 0 Å². The van der Waals surface area contributed by atoms with E-state index < -0.39 is 0 Å². The van der Waals surface area contributed by atoms with Crippen LogP contribution in [0.2, 0.25) is 0 Å². The number of nitrogens with zero attached hydrogens (tertiary/aromatic N) is 3. The van der Waals surface area contributed by atoms with Crippen molar-refractivity contribution in [1.82, 2.24) is 9.97 Å². The first kappa shape index (κ1) is 10.8. The van der Waals surface area contributed by atoms with Crippen LogP contribution in [0.25, 0.3) is 11.3 Å². The summed E-state index contributed by atoms with van der Waals surface area (Å²) >= 11 is 1.54. The fraction of sp³-hybridized carbons (Fsp3) is 0.250. The van der Waals surface area contributed by atoms with Crippen LogP contribution in [0.15, 0.2) is 29.9 Å². The quantitative estimate of drug-likeness (QED) is 0.812.